The quantitative estimate of drug-likeness (QED) is 0.377. The molecule has 0 aromatic rings. The molecule has 0 amide bonds. The van der Waals surface area contributed by atoms with Crippen molar-refractivity contribution in [2.45, 2.75) is 29.5 Å². The largest absolute Gasteiger partial charge is 0.134 e. The van der Waals surface area contributed by atoms with Crippen LogP contribution < -0.4 is 0 Å². The van der Waals surface area contributed by atoms with Crippen LogP contribution in [0.4, 0.5) is 0 Å². The van der Waals surface area contributed by atoms with E-state index in [0.29, 0.717) is 0 Å². The molecule has 1 unspecified atom stereocenters. The number of rotatable bonds is 0. The van der Waals surface area contributed by atoms with E-state index in [9.17, 15) is 0 Å². The molecule has 0 spiro atoms. The van der Waals surface area contributed by atoms with Crippen LogP contribution in [0.1, 0.15) is 19.3 Å². The molecule has 1 aliphatic carbocycles. The van der Waals surface area contributed by atoms with Gasteiger partial charge < -0.3 is 0 Å². The molecule has 0 saturated heterocycles. The first-order valence-electron chi connectivity index (χ1n) is 3.34. The zero-order chi connectivity index (χ0) is 9.62. The molecule has 0 radical (unpaired) electrons. The van der Waals surface area contributed by atoms with E-state index in [1.807, 2.05) is 0 Å². The molecule has 1 rings (SSSR count). The van der Waals surface area contributed by atoms with Gasteiger partial charge in [0.05, 0.1) is 0 Å². The van der Waals surface area contributed by atoms with Crippen LogP contribution in [-0.2, 0) is 0 Å². The predicted molar refractivity (Wildman–Crippen MR) is 72.5 cm³/mol. The van der Waals surface area contributed by atoms with Crippen LogP contribution in [-0.4, -0.2) is 10.3 Å². The molecule has 0 aromatic carbocycles. The lowest BCUT2D eigenvalue weighted by Gasteiger charge is -2.47. The molecule has 1 aliphatic rings. The fourth-order valence-electron chi connectivity index (χ4n) is 1.11. The van der Waals surface area contributed by atoms with E-state index in [1.165, 1.54) is 0 Å². The van der Waals surface area contributed by atoms with Gasteiger partial charge in [-0.05, 0) is 19.3 Å². The van der Waals surface area contributed by atoms with Gasteiger partial charge in [0.2, 0.25) is 0 Å². The van der Waals surface area contributed by atoms with Gasteiger partial charge in [0.1, 0.15) is 10.3 Å². The van der Waals surface area contributed by atoms with Gasteiger partial charge in [-0.1, -0.05) is 79.6 Å². The number of alkyl halides is 6. The van der Waals surface area contributed by atoms with Crippen molar-refractivity contribution in [2.75, 3.05) is 0 Å². The zero-order valence-electron chi connectivity index (χ0n) is 5.89. The van der Waals surface area contributed by atoms with Gasteiger partial charge in [-0.15, -0.1) is 11.6 Å². The molecule has 0 aromatic heterocycles. The Kier molecular flexibility index (Phi) is 4.18. The van der Waals surface area contributed by atoms with Crippen molar-refractivity contribution in [2.24, 2.45) is 0 Å². The predicted octanol–water partition coefficient (Wildman–Crippen LogP) is 5.47. The summed E-state index contributed by atoms with van der Waals surface area (Å²) < 4.78 is -1.07. The summed E-state index contributed by atoms with van der Waals surface area (Å²) >= 11 is 24.2. The first-order valence-corrected chi connectivity index (χ1v) is 7.68. The van der Waals surface area contributed by atoms with E-state index in [0.717, 1.165) is 19.3 Å². The Hall–Kier alpha value is 2.69. The monoisotopic (exact) mass is 508 g/mol. The van der Waals surface area contributed by atoms with E-state index >= 15 is 0 Å². The van der Waals surface area contributed by atoms with E-state index in [-0.39, 0.29) is 6.47 Å². The van der Waals surface area contributed by atoms with Crippen molar-refractivity contribution in [1.29, 1.82) is 0 Å². The highest BCUT2D eigenvalue weighted by Gasteiger charge is 2.59. The van der Waals surface area contributed by atoms with Crippen molar-refractivity contribution < 1.29 is 0 Å². The van der Waals surface area contributed by atoms with Gasteiger partial charge in [-0.25, -0.2) is 0 Å². The molecule has 1 fully saturated rings. The van der Waals surface area contributed by atoms with Crippen LogP contribution in [0.25, 0.3) is 0 Å². The maximum Gasteiger partial charge on any atom is 0.134 e. The Morgan fingerprint density at radius 2 is 1.42 bits per heavy atom. The smallest absolute Gasteiger partial charge is 0.104 e. The summed E-state index contributed by atoms with van der Waals surface area (Å²) in [4.78, 5) is 0. The van der Waals surface area contributed by atoms with Crippen LogP contribution in [0.2, 0.25) is 0 Å². The molecule has 1 saturated carbocycles. The SMILES string of the molecule is ClC1(Br)CCCC(Br)(Br)C1(Br)Br. The van der Waals surface area contributed by atoms with E-state index in [2.05, 4.69) is 79.6 Å². The number of hydrogen-bond acceptors (Lipinski definition) is 0. The van der Waals surface area contributed by atoms with Crippen molar-refractivity contribution >= 4 is 91.3 Å². The van der Waals surface area contributed by atoms with Crippen LogP contribution in [0.15, 0.2) is 0 Å². The summed E-state index contributed by atoms with van der Waals surface area (Å²) in [7, 11) is 0. The van der Waals surface area contributed by atoms with Crippen LogP contribution >= 0.6 is 91.3 Å². The van der Waals surface area contributed by atoms with E-state index in [1.54, 1.807) is 0 Å². The molecule has 72 valence electrons. The second-order valence-corrected chi connectivity index (χ2v) is 12.5. The maximum atomic E-state index is 6.31. The Morgan fingerprint density at radius 3 is 1.75 bits per heavy atom. The molecule has 1 atom stereocenters. The van der Waals surface area contributed by atoms with Crippen LogP contribution in [0, 0.1) is 0 Å². The second kappa shape index (κ2) is 3.93. The molecule has 0 nitrogen and oxygen atoms in total. The highest BCUT2D eigenvalue weighted by Crippen LogP contribution is 2.65. The molecule has 0 bridgehead atoms. The summed E-state index contributed by atoms with van der Waals surface area (Å²) in [6, 6.07) is 0. The molecule has 6 heteroatoms. The zero-order valence-corrected chi connectivity index (χ0v) is 14.6. The Labute approximate surface area is 119 Å². The fraction of sp³-hybridized carbons (Fsp3) is 1.00. The van der Waals surface area contributed by atoms with Crippen molar-refractivity contribution in [1.82, 2.24) is 0 Å². The lowest BCUT2D eigenvalue weighted by atomic mass is 9.99. The summed E-state index contributed by atoms with van der Waals surface area (Å²) in [5.74, 6) is 0. The molecule has 12 heavy (non-hydrogen) atoms. The molecular formula is C6H6Br5Cl. The normalized spacial score (nSPS) is 39.5. The fourth-order valence-corrected chi connectivity index (χ4v) is 4.82. The van der Waals surface area contributed by atoms with Crippen LogP contribution in [0.3, 0.4) is 0 Å². The van der Waals surface area contributed by atoms with Crippen molar-refractivity contribution in [3.63, 3.8) is 0 Å². The van der Waals surface area contributed by atoms with Gasteiger partial charge >= 0.3 is 0 Å². The highest BCUT2D eigenvalue weighted by molar-refractivity contribution is 9.31. The third-order valence-electron chi connectivity index (χ3n) is 1.90. The molecule has 0 heterocycles. The average molecular weight is 513 g/mol. The minimum absolute atomic E-state index is 0.212. The van der Waals surface area contributed by atoms with Gasteiger partial charge in [0.25, 0.3) is 0 Å². The van der Waals surface area contributed by atoms with Crippen molar-refractivity contribution in [3.05, 3.63) is 0 Å². The molecule has 0 aliphatic heterocycles. The third kappa shape index (κ3) is 2.11. The van der Waals surface area contributed by atoms with E-state index < -0.39 is 3.78 Å². The van der Waals surface area contributed by atoms with Crippen LogP contribution in [0.5, 0.6) is 0 Å². The van der Waals surface area contributed by atoms with Gasteiger partial charge in [0, 0.05) is 0 Å². The average Bonchev–Trinajstić information content (AvgIpc) is 1.83. The summed E-state index contributed by atoms with van der Waals surface area (Å²) in [6.07, 6.45) is 3.01. The molecule has 0 N–H and O–H groups in total. The standard InChI is InChI=1S/C6H6Br5Cl/c7-4(8)2-1-3-5(9,12)6(4,10)11/h1-3H2. The Morgan fingerprint density at radius 1 is 0.917 bits per heavy atom. The summed E-state index contributed by atoms with van der Waals surface area (Å²) in [5.41, 5.74) is 0. The number of halogens is 6. The topological polar surface area (TPSA) is 0 Å². The minimum Gasteiger partial charge on any atom is -0.104 e. The van der Waals surface area contributed by atoms with Gasteiger partial charge in [0.15, 0.2) is 0 Å². The minimum atomic E-state index is -0.467. The number of hydrogen-bond donors (Lipinski definition) is 0. The third-order valence-corrected chi connectivity index (χ3v) is 11.7. The second-order valence-electron chi connectivity index (χ2n) is 2.84. The van der Waals surface area contributed by atoms with Gasteiger partial charge in [-0.3, -0.25) is 0 Å². The summed E-state index contributed by atoms with van der Waals surface area (Å²) in [6.45, 7) is 0. The highest BCUT2D eigenvalue weighted by atomic mass is 79.9. The lowest BCUT2D eigenvalue weighted by Crippen LogP contribution is -2.51. The Bertz CT molecular complexity index is 170. The Balaban J connectivity index is 2.99. The van der Waals surface area contributed by atoms with Crippen molar-refractivity contribution in [3.8, 4) is 0 Å². The summed E-state index contributed by atoms with van der Waals surface area (Å²) in [5, 5.41) is 0. The molecular weight excluding hydrogens is 507 g/mol. The first kappa shape index (κ1) is 12.8. The lowest BCUT2D eigenvalue weighted by molar-refractivity contribution is 0.488. The maximum absolute atomic E-state index is 6.31. The first-order chi connectivity index (χ1) is 5.21. The van der Waals surface area contributed by atoms with E-state index in [4.69, 9.17) is 11.6 Å². The van der Waals surface area contributed by atoms with Gasteiger partial charge in [-0.2, -0.15) is 0 Å².